The molecule has 3 aromatic rings. The Kier molecular flexibility index (Phi) is 4.18. The first-order valence-electron chi connectivity index (χ1n) is 7.32. The van der Waals surface area contributed by atoms with Crippen LogP contribution in [0.1, 0.15) is 33.4 Å². The third-order valence-corrected chi connectivity index (χ3v) is 4.77. The van der Waals surface area contributed by atoms with Crippen LogP contribution in [-0.4, -0.2) is 9.55 Å². The maximum Gasteiger partial charge on any atom is 0.134 e. The molecule has 4 nitrogen and oxygen atoms in total. The van der Waals surface area contributed by atoms with Crippen molar-refractivity contribution in [3.63, 3.8) is 0 Å². The molecule has 0 aliphatic heterocycles. The van der Waals surface area contributed by atoms with Crippen molar-refractivity contribution in [2.24, 2.45) is 0 Å². The fraction of sp³-hybridized carbons (Fsp3) is 0.222. The molecule has 3 aromatic heterocycles. The zero-order valence-corrected chi connectivity index (χ0v) is 14.1. The summed E-state index contributed by atoms with van der Waals surface area (Å²) in [6, 6.07) is 8.21. The molecule has 0 unspecified atom stereocenters. The summed E-state index contributed by atoms with van der Waals surface area (Å²) in [7, 11) is 0. The SMILES string of the molecule is Cc1csc(C(C#N)=Cc2cc(C)n(Cc3ccco3)c2C)n1. The Morgan fingerprint density at radius 1 is 1.43 bits per heavy atom. The van der Waals surface area contributed by atoms with Crippen molar-refractivity contribution >= 4 is 23.0 Å². The first kappa shape index (κ1) is 15.3. The first-order valence-corrected chi connectivity index (χ1v) is 8.20. The fourth-order valence-corrected chi connectivity index (χ4v) is 3.31. The van der Waals surface area contributed by atoms with Crippen LogP contribution in [0.4, 0.5) is 0 Å². The van der Waals surface area contributed by atoms with Gasteiger partial charge in [0.15, 0.2) is 0 Å². The van der Waals surface area contributed by atoms with Crippen LogP contribution in [-0.2, 0) is 6.54 Å². The molecule has 0 N–H and O–H groups in total. The molecule has 3 heterocycles. The smallest absolute Gasteiger partial charge is 0.134 e. The van der Waals surface area contributed by atoms with E-state index in [2.05, 4.69) is 35.5 Å². The van der Waals surface area contributed by atoms with E-state index in [1.165, 1.54) is 11.3 Å². The van der Waals surface area contributed by atoms with Crippen LogP contribution < -0.4 is 0 Å². The Balaban J connectivity index is 1.97. The summed E-state index contributed by atoms with van der Waals surface area (Å²) in [4.78, 5) is 4.40. The van der Waals surface area contributed by atoms with Crippen molar-refractivity contribution < 1.29 is 4.42 Å². The van der Waals surface area contributed by atoms with E-state index in [4.69, 9.17) is 4.42 Å². The second kappa shape index (κ2) is 6.27. The summed E-state index contributed by atoms with van der Waals surface area (Å²) in [5, 5.41) is 12.2. The predicted molar refractivity (Wildman–Crippen MR) is 92.1 cm³/mol. The van der Waals surface area contributed by atoms with Crippen LogP contribution in [0.5, 0.6) is 0 Å². The van der Waals surface area contributed by atoms with Gasteiger partial charge in [0.1, 0.15) is 16.8 Å². The van der Waals surface area contributed by atoms with E-state index in [-0.39, 0.29) is 0 Å². The monoisotopic (exact) mass is 323 g/mol. The van der Waals surface area contributed by atoms with Gasteiger partial charge in [0.25, 0.3) is 0 Å². The number of thiazole rings is 1. The van der Waals surface area contributed by atoms with Gasteiger partial charge in [-0.15, -0.1) is 11.3 Å². The summed E-state index contributed by atoms with van der Waals surface area (Å²) < 4.78 is 7.62. The van der Waals surface area contributed by atoms with Gasteiger partial charge in [-0.1, -0.05) is 0 Å². The van der Waals surface area contributed by atoms with Crippen LogP contribution in [0.25, 0.3) is 11.6 Å². The number of hydrogen-bond donors (Lipinski definition) is 0. The van der Waals surface area contributed by atoms with Crippen LogP contribution in [0.15, 0.2) is 34.3 Å². The van der Waals surface area contributed by atoms with Crippen molar-refractivity contribution in [2.75, 3.05) is 0 Å². The second-order valence-corrected chi connectivity index (χ2v) is 6.31. The summed E-state index contributed by atoms with van der Waals surface area (Å²) in [6.07, 6.45) is 3.60. The molecule has 0 aromatic carbocycles. The van der Waals surface area contributed by atoms with Gasteiger partial charge >= 0.3 is 0 Å². The highest BCUT2D eigenvalue weighted by Gasteiger charge is 2.12. The van der Waals surface area contributed by atoms with E-state index < -0.39 is 0 Å². The molecule has 0 saturated carbocycles. The lowest BCUT2D eigenvalue weighted by atomic mass is 10.1. The number of rotatable bonds is 4. The average Bonchev–Trinajstić information content (AvgIpc) is 3.24. The molecular formula is C18H17N3OS. The molecule has 5 heteroatoms. The van der Waals surface area contributed by atoms with E-state index >= 15 is 0 Å². The Morgan fingerprint density at radius 2 is 2.26 bits per heavy atom. The molecule has 0 fully saturated rings. The quantitative estimate of drug-likeness (QED) is 0.661. The topological polar surface area (TPSA) is 54.8 Å². The van der Waals surface area contributed by atoms with Crippen molar-refractivity contribution in [3.8, 4) is 6.07 Å². The van der Waals surface area contributed by atoms with Gasteiger partial charge in [-0.3, -0.25) is 0 Å². The lowest BCUT2D eigenvalue weighted by Crippen LogP contribution is -2.02. The predicted octanol–water partition coefficient (Wildman–Crippen LogP) is 4.58. The molecular weight excluding hydrogens is 306 g/mol. The molecule has 0 atom stereocenters. The van der Waals surface area contributed by atoms with E-state index in [9.17, 15) is 5.26 Å². The van der Waals surface area contributed by atoms with Gasteiger partial charge < -0.3 is 8.98 Å². The van der Waals surface area contributed by atoms with Gasteiger partial charge in [-0.05, 0) is 50.6 Å². The minimum absolute atomic E-state index is 0.598. The summed E-state index contributed by atoms with van der Waals surface area (Å²) in [6.45, 7) is 6.75. The van der Waals surface area contributed by atoms with Gasteiger partial charge in [0, 0.05) is 22.5 Å². The highest BCUT2D eigenvalue weighted by atomic mass is 32.1. The normalized spacial score (nSPS) is 11.7. The van der Waals surface area contributed by atoms with Crippen LogP contribution in [0.3, 0.4) is 0 Å². The van der Waals surface area contributed by atoms with Crippen LogP contribution in [0.2, 0.25) is 0 Å². The first-order chi connectivity index (χ1) is 11.1. The lowest BCUT2D eigenvalue weighted by molar-refractivity contribution is 0.489. The van der Waals surface area contributed by atoms with Gasteiger partial charge in [-0.25, -0.2) is 4.98 Å². The molecule has 0 spiro atoms. The zero-order chi connectivity index (χ0) is 16.4. The molecule has 23 heavy (non-hydrogen) atoms. The largest absolute Gasteiger partial charge is 0.467 e. The Bertz CT molecular complexity index is 891. The summed E-state index contributed by atoms with van der Waals surface area (Å²) in [5.41, 5.74) is 4.83. The van der Waals surface area contributed by atoms with Gasteiger partial charge in [0.05, 0.1) is 18.4 Å². The molecule has 0 aliphatic carbocycles. The van der Waals surface area contributed by atoms with Crippen molar-refractivity contribution in [1.82, 2.24) is 9.55 Å². The van der Waals surface area contributed by atoms with E-state index in [1.54, 1.807) is 6.26 Å². The maximum absolute atomic E-state index is 9.45. The van der Waals surface area contributed by atoms with E-state index in [0.717, 1.165) is 33.4 Å². The summed E-state index contributed by atoms with van der Waals surface area (Å²) in [5.74, 6) is 0.915. The van der Waals surface area contributed by atoms with Gasteiger partial charge in [0.2, 0.25) is 0 Å². The minimum atomic E-state index is 0.598. The maximum atomic E-state index is 9.45. The number of nitrogens with zero attached hydrogens (tertiary/aromatic N) is 3. The van der Waals surface area contributed by atoms with E-state index in [1.807, 2.05) is 30.5 Å². The molecule has 0 bridgehead atoms. The zero-order valence-electron chi connectivity index (χ0n) is 13.3. The molecule has 3 rings (SSSR count). The highest BCUT2D eigenvalue weighted by Crippen LogP contribution is 2.25. The van der Waals surface area contributed by atoms with Crippen molar-refractivity contribution in [1.29, 1.82) is 5.26 Å². The Morgan fingerprint density at radius 3 is 2.87 bits per heavy atom. The fourth-order valence-electron chi connectivity index (χ4n) is 2.55. The number of furan rings is 1. The number of hydrogen-bond acceptors (Lipinski definition) is 4. The molecule has 116 valence electrons. The minimum Gasteiger partial charge on any atom is -0.467 e. The van der Waals surface area contributed by atoms with Gasteiger partial charge in [-0.2, -0.15) is 5.26 Å². The number of aromatic nitrogens is 2. The highest BCUT2D eigenvalue weighted by molar-refractivity contribution is 7.11. The summed E-state index contributed by atoms with van der Waals surface area (Å²) >= 11 is 1.50. The van der Waals surface area contributed by atoms with Crippen molar-refractivity contribution in [2.45, 2.75) is 27.3 Å². The number of nitriles is 1. The molecule has 0 aliphatic rings. The van der Waals surface area contributed by atoms with Crippen LogP contribution in [0, 0.1) is 32.1 Å². The standard InChI is InChI=1S/C18H17N3OS/c1-12-11-23-18(20-12)16(9-19)8-15-7-13(2)21(14(15)3)10-17-5-4-6-22-17/h4-8,11H,10H2,1-3H3. The number of aryl methyl sites for hydroxylation is 2. The lowest BCUT2D eigenvalue weighted by Gasteiger charge is -2.07. The third-order valence-electron chi connectivity index (χ3n) is 3.78. The third kappa shape index (κ3) is 3.13. The second-order valence-electron chi connectivity index (χ2n) is 5.46. The van der Waals surface area contributed by atoms with Crippen LogP contribution >= 0.6 is 11.3 Å². The molecule has 0 amide bonds. The Hall–Kier alpha value is -2.58. The molecule has 0 radical (unpaired) electrons. The van der Waals surface area contributed by atoms with Crippen molar-refractivity contribution in [3.05, 3.63) is 63.3 Å². The average molecular weight is 323 g/mol. The molecule has 0 saturated heterocycles. The Labute approximate surface area is 139 Å². The number of allylic oxidation sites excluding steroid dienone is 1. The van der Waals surface area contributed by atoms with E-state index in [0.29, 0.717) is 12.1 Å².